The van der Waals surface area contributed by atoms with Gasteiger partial charge in [-0.25, -0.2) is 4.98 Å². The molecule has 0 aliphatic rings. The van der Waals surface area contributed by atoms with Crippen LogP contribution >= 0.6 is 0 Å². The quantitative estimate of drug-likeness (QED) is 0.415. The number of pyridine rings is 1. The van der Waals surface area contributed by atoms with Gasteiger partial charge < -0.3 is 20.1 Å². The van der Waals surface area contributed by atoms with Gasteiger partial charge in [0.2, 0.25) is 0 Å². The van der Waals surface area contributed by atoms with E-state index in [1.165, 1.54) is 5.56 Å². The number of fused-ring (bicyclic) bond motifs is 1. The van der Waals surface area contributed by atoms with E-state index in [1.54, 1.807) is 26.4 Å². The van der Waals surface area contributed by atoms with Crippen LogP contribution in [0, 0.1) is 0 Å². The Morgan fingerprint density at radius 2 is 1.69 bits per heavy atom. The number of hydrogen-bond donors (Lipinski definition) is 2. The van der Waals surface area contributed by atoms with Crippen LogP contribution in [0.1, 0.15) is 15.9 Å². The smallest absolute Gasteiger partial charge is 0.252 e. The van der Waals surface area contributed by atoms with Gasteiger partial charge in [-0.2, -0.15) is 0 Å². The first kappa shape index (κ1) is 21.2. The van der Waals surface area contributed by atoms with E-state index in [2.05, 4.69) is 27.8 Å². The van der Waals surface area contributed by atoms with Crippen molar-refractivity contribution in [2.45, 2.75) is 6.42 Å². The molecular weight excluding hydrogens is 402 g/mol. The fourth-order valence-corrected chi connectivity index (χ4v) is 3.53. The van der Waals surface area contributed by atoms with E-state index in [-0.39, 0.29) is 5.91 Å². The van der Waals surface area contributed by atoms with Crippen molar-refractivity contribution in [3.63, 3.8) is 0 Å². The molecule has 3 aromatic carbocycles. The van der Waals surface area contributed by atoms with Gasteiger partial charge in [0.15, 0.2) is 0 Å². The van der Waals surface area contributed by atoms with Crippen molar-refractivity contribution in [1.29, 1.82) is 0 Å². The number of aromatic nitrogens is 1. The third-order valence-corrected chi connectivity index (χ3v) is 5.17. The average Bonchev–Trinajstić information content (AvgIpc) is 2.84. The van der Waals surface area contributed by atoms with Gasteiger partial charge in [0.1, 0.15) is 17.3 Å². The van der Waals surface area contributed by atoms with Crippen LogP contribution in [0.4, 0.5) is 11.5 Å². The standard InChI is InChI=1S/C26H25N3O3/c1-31-19-12-13-23(24(16-19)32-2)29-25-17-21(20-10-6-7-11-22(20)28-25)26(30)27-15-14-18-8-4-3-5-9-18/h3-13,16-17H,14-15H2,1-2H3,(H,27,30)(H,28,29). The monoisotopic (exact) mass is 427 g/mol. The molecule has 4 aromatic rings. The molecule has 0 saturated carbocycles. The number of anilines is 2. The van der Waals surface area contributed by atoms with E-state index in [0.717, 1.165) is 23.0 Å². The van der Waals surface area contributed by atoms with Crippen LogP contribution in [0.25, 0.3) is 10.9 Å². The third kappa shape index (κ3) is 4.81. The summed E-state index contributed by atoms with van der Waals surface area (Å²) in [4.78, 5) is 17.7. The molecule has 162 valence electrons. The Labute approximate surface area is 187 Å². The summed E-state index contributed by atoms with van der Waals surface area (Å²) in [6.45, 7) is 0.550. The molecule has 0 fully saturated rings. The minimum atomic E-state index is -0.135. The first-order valence-electron chi connectivity index (χ1n) is 10.4. The topological polar surface area (TPSA) is 72.5 Å². The number of carbonyl (C=O) groups is 1. The Morgan fingerprint density at radius 1 is 0.906 bits per heavy atom. The van der Waals surface area contributed by atoms with E-state index in [0.29, 0.717) is 29.4 Å². The van der Waals surface area contributed by atoms with E-state index < -0.39 is 0 Å². The molecule has 6 nitrogen and oxygen atoms in total. The van der Waals surface area contributed by atoms with Crippen molar-refractivity contribution in [2.24, 2.45) is 0 Å². The maximum absolute atomic E-state index is 13.1. The number of nitrogens with one attached hydrogen (secondary N) is 2. The van der Waals surface area contributed by atoms with Crippen molar-refractivity contribution in [3.8, 4) is 11.5 Å². The number of hydrogen-bond acceptors (Lipinski definition) is 5. The Bertz CT molecular complexity index is 1230. The van der Waals surface area contributed by atoms with Gasteiger partial charge in [0.25, 0.3) is 5.91 Å². The molecule has 1 aromatic heterocycles. The molecule has 1 amide bonds. The van der Waals surface area contributed by atoms with Crippen LogP contribution in [0.2, 0.25) is 0 Å². The molecule has 0 spiro atoms. The highest BCUT2D eigenvalue weighted by atomic mass is 16.5. The lowest BCUT2D eigenvalue weighted by Crippen LogP contribution is -2.26. The number of amides is 1. The van der Waals surface area contributed by atoms with Crippen LogP contribution in [-0.4, -0.2) is 31.7 Å². The molecule has 0 unspecified atom stereocenters. The Balaban J connectivity index is 1.59. The number of carbonyl (C=O) groups excluding carboxylic acids is 1. The average molecular weight is 428 g/mol. The van der Waals surface area contributed by atoms with Gasteiger partial charge in [-0.15, -0.1) is 0 Å². The van der Waals surface area contributed by atoms with Gasteiger partial charge in [0.05, 0.1) is 31.0 Å². The van der Waals surface area contributed by atoms with E-state index >= 15 is 0 Å². The number of benzene rings is 3. The highest BCUT2D eigenvalue weighted by molar-refractivity contribution is 6.07. The second-order valence-corrected chi connectivity index (χ2v) is 7.25. The number of para-hydroxylation sites is 1. The van der Waals surface area contributed by atoms with E-state index in [1.807, 2.05) is 54.6 Å². The summed E-state index contributed by atoms with van der Waals surface area (Å²) in [7, 11) is 3.20. The van der Waals surface area contributed by atoms with Crippen LogP contribution in [0.5, 0.6) is 11.5 Å². The van der Waals surface area contributed by atoms with Crippen molar-refractivity contribution in [1.82, 2.24) is 10.3 Å². The zero-order valence-corrected chi connectivity index (χ0v) is 18.1. The molecule has 1 heterocycles. The lowest BCUT2D eigenvalue weighted by Gasteiger charge is -2.14. The molecule has 0 aliphatic carbocycles. The molecule has 6 heteroatoms. The van der Waals surface area contributed by atoms with Gasteiger partial charge >= 0.3 is 0 Å². The summed E-state index contributed by atoms with van der Waals surface area (Å²) in [5.74, 6) is 1.73. The fourth-order valence-electron chi connectivity index (χ4n) is 3.53. The molecule has 2 N–H and O–H groups in total. The van der Waals surface area contributed by atoms with Crippen LogP contribution in [-0.2, 0) is 6.42 Å². The Hall–Kier alpha value is -4.06. The first-order valence-corrected chi connectivity index (χ1v) is 10.4. The lowest BCUT2D eigenvalue weighted by molar-refractivity contribution is 0.0955. The maximum atomic E-state index is 13.1. The SMILES string of the molecule is COc1ccc(Nc2cc(C(=O)NCCc3ccccc3)c3ccccc3n2)c(OC)c1. The summed E-state index contributed by atoms with van der Waals surface area (Å²) in [6, 6.07) is 25.0. The van der Waals surface area contributed by atoms with Gasteiger partial charge in [-0.05, 0) is 36.2 Å². The summed E-state index contributed by atoms with van der Waals surface area (Å²) in [5.41, 5.74) is 3.21. The number of nitrogens with zero attached hydrogens (tertiary/aromatic N) is 1. The van der Waals surface area contributed by atoms with Crippen molar-refractivity contribution in [2.75, 3.05) is 26.1 Å². The van der Waals surface area contributed by atoms with E-state index in [4.69, 9.17) is 9.47 Å². The summed E-state index contributed by atoms with van der Waals surface area (Å²) >= 11 is 0. The van der Waals surface area contributed by atoms with Crippen LogP contribution in [0.15, 0.2) is 78.9 Å². The molecule has 0 aliphatic heterocycles. The second kappa shape index (κ2) is 9.83. The molecular formula is C26H25N3O3. The maximum Gasteiger partial charge on any atom is 0.252 e. The molecule has 4 rings (SSSR count). The fraction of sp³-hybridized carbons (Fsp3) is 0.154. The highest BCUT2D eigenvalue weighted by Gasteiger charge is 2.14. The second-order valence-electron chi connectivity index (χ2n) is 7.25. The third-order valence-electron chi connectivity index (χ3n) is 5.17. The van der Waals surface area contributed by atoms with Crippen molar-refractivity contribution in [3.05, 3.63) is 90.0 Å². The minimum absolute atomic E-state index is 0.135. The van der Waals surface area contributed by atoms with Crippen LogP contribution in [0.3, 0.4) is 0 Å². The first-order chi connectivity index (χ1) is 15.7. The normalized spacial score (nSPS) is 10.6. The molecule has 0 bridgehead atoms. The lowest BCUT2D eigenvalue weighted by atomic mass is 10.1. The summed E-state index contributed by atoms with van der Waals surface area (Å²) in [6.07, 6.45) is 0.768. The summed E-state index contributed by atoms with van der Waals surface area (Å²) < 4.78 is 10.7. The Morgan fingerprint density at radius 3 is 2.47 bits per heavy atom. The van der Waals surface area contributed by atoms with Gasteiger partial charge in [0, 0.05) is 18.0 Å². The predicted octanol–water partition coefficient (Wildman–Crippen LogP) is 4.97. The Kier molecular flexibility index (Phi) is 6.51. The predicted molar refractivity (Wildman–Crippen MR) is 127 cm³/mol. The van der Waals surface area contributed by atoms with E-state index in [9.17, 15) is 4.79 Å². The molecule has 0 radical (unpaired) electrons. The van der Waals surface area contributed by atoms with Crippen molar-refractivity contribution >= 4 is 28.3 Å². The number of rotatable bonds is 8. The number of methoxy groups -OCH3 is 2. The molecule has 0 saturated heterocycles. The minimum Gasteiger partial charge on any atom is -0.497 e. The van der Waals surface area contributed by atoms with Crippen molar-refractivity contribution < 1.29 is 14.3 Å². The van der Waals surface area contributed by atoms with Gasteiger partial charge in [-0.3, -0.25) is 4.79 Å². The zero-order chi connectivity index (χ0) is 22.3. The zero-order valence-electron chi connectivity index (χ0n) is 18.1. The summed E-state index contributed by atoms with van der Waals surface area (Å²) in [5, 5.41) is 7.11. The molecule has 32 heavy (non-hydrogen) atoms. The highest BCUT2D eigenvalue weighted by Crippen LogP contribution is 2.32. The van der Waals surface area contributed by atoms with Gasteiger partial charge in [-0.1, -0.05) is 48.5 Å². The largest absolute Gasteiger partial charge is 0.497 e. The van der Waals surface area contributed by atoms with Crippen LogP contribution < -0.4 is 20.1 Å². The number of ether oxygens (including phenoxy) is 2. The molecule has 0 atom stereocenters.